The molecule has 0 aliphatic rings. The van der Waals surface area contributed by atoms with Gasteiger partial charge in [-0.2, -0.15) is 8.42 Å². The van der Waals surface area contributed by atoms with Crippen molar-refractivity contribution in [1.82, 2.24) is 0 Å². The van der Waals surface area contributed by atoms with Gasteiger partial charge in [0.1, 0.15) is 5.21 Å². The normalized spacial score (nSPS) is 15.9. The lowest BCUT2D eigenvalue weighted by Gasteiger charge is -2.14. The molecule has 0 bridgehead atoms. The molecular formula is C7H8ClO4PS2. The van der Waals surface area contributed by atoms with Crippen molar-refractivity contribution in [3.63, 3.8) is 0 Å². The predicted molar refractivity (Wildman–Crippen MR) is 63.3 cm³/mol. The van der Waals surface area contributed by atoms with E-state index in [4.69, 9.17) is 23.4 Å². The molecule has 4 nitrogen and oxygen atoms in total. The lowest BCUT2D eigenvalue weighted by molar-refractivity contribution is 0.469. The second-order valence-corrected chi connectivity index (χ2v) is 8.22. The van der Waals surface area contributed by atoms with Gasteiger partial charge in [-0.1, -0.05) is 18.2 Å². The second-order valence-electron chi connectivity index (χ2n) is 2.60. The van der Waals surface area contributed by atoms with E-state index in [9.17, 15) is 13.3 Å². The SMILES string of the molecule is O=S(=O)(CCl)OP(O)(=S)c1ccccc1. The Hall–Kier alpha value is 0.0300. The van der Waals surface area contributed by atoms with Crippen molar-refractivity contribution in [3.8, 4) is 0 Å². The first-order valence-electron chi connectivity index (χ1n) is 3.76. The molecule has 0 heterocycles. The fourth-order valence-corrected chi connectivity index (χ4v) is 4.68. The summed E-state index contributed by atoms with van der Waals surface area (Å²) in [6.07, 6.45) is 0. The zero-order valence-corrected chi connectivity index (χ0v) is 10.7. The van der Waals surface area contributed by atoms with Crippen molar-refractivity contribution < 1.29 is 17.3 Å². The van der Waals surface area contributed by atoms with Crippen molar-refractivity contribution >= 4 is 45.3 Å². The average Bonchev–Trinajstić information content (AvgIpc) is 2.18. The van der Waals surface area contributed by atoms with E-state index < -0.39 is 21.8 Å². The maximum Gasteiger partial charge on any atom is 0.287 e. The van der Waals surface area contributed by atoms with Crippen LogP contribution in [0.2, 0.25) is 0 Å². The van der Waals surface area contributed by atoms with Gasteiger partial charge in [-0.3, -0.25) is 0 Å². The van der Waals surface area contributed by atoms with Gasteiger partial charge in [-0.25, -0.2) is 3.97 Å². The minimum atomic E-state index is -3.96. The first-order chi connectivity index (χ1) is 6.87. The largest absolute Gasteiger partial charge is 0.341 e. The van der Waals surface area contributed by atoms with Crippen LogP contribution in [0.1, 0.15) is 0 Å². The Balaban J connectivity index is 3.01. The molecule has 0 aliphatic carbocycles. The van der Waals surface area contributed by atoms with Crippen molar-refractivity contribution in [1.29, 1.82) is 0 Å². The second kappa shape index (κ2) is 4.91. The van der Waals surface area contributed by atoms with Crippen LogP contribution in [0, 0.1) is 0 Å². The molecule has 0 aromatic heterocycles. The summed E-state index contributed by atoms with van der Waals surface area (Å²) in [6, 6.07) is 7.98. The summed E-state index contributed by atoms with van der Waals surface area (Å²) in [7, 11) is -3.96. The molecule has 1 N–H and O–H groups in total. The van der Waals surface area contributed by atoms with E-state index in [1.54, 1.807) is 18.2 Å². The average molecular weight is 287 g/mol. The third-order valence-electron chi connectivity index (χ3n) is 1.43. The van der Waals surface area contributed by atoms with Crippen molar-refractivity contribution in [3.05, 3.63) is 30.3 Å². The van der Waals surface area contributed by atoms with Gasteiger partial charge in [-0.05, 0) is 23.9 Å². The Morgan fingerprint density at radius 3 is 2.40 bits per heavy atom. The number of halogens is 1. The summed E-state index contributed by atoms with van der Waals surface area (Å²) in [5, 5.41) is -0.465. The summed E-state index contributed by atoms with van der Waals surface area (Å²) in [6.45, 7) is -3.52. The van der Waals surface area contributed by atoms with Gasteiger partial charge in [0.2, 0.25) is 6.49 Å². The van der Waals surface area contributed by atoms with Gasteiger partial charge in [0.25, 0.3) is 10.1 Å². The lowest BCUT2D eigenvalue weighted by Crippen LogP contribution is -2.12. The smallest absolute Gasteiger partial charge is 0.287 e. The number of benzene rings is 1. The summed E-state index contributed by atoms with van der Waals surface area (Å²) < 4.78 is 26.6. The number of hydrogen-bond acceptors (Lipinski definition) is 4. The first-order valence-corrected chi connectivity index (χ1v) is 8.54. The standard InChI is InChI=1S/C7H8ClO4PS2/c8-6-15(10,11)12-13(9,14)7-4-2-1-3-5-7/h1-5H,6H2,(H,9,14). The Kier molecular flexibility index (Phi) is 4.29. The van der Waals surface area contributed by atoms with Gasteiger partial charge >= 0.3 is 0 Å². The Bertz CT molecular complexity index is 473. The molecule has 1 rings (SSSR count). The van der Waals surface area contributed by atoms with E-state index in [1.807, 2.05) is 0 Å². The fourth-order valence-electron chi connectivity index (χ4n) is 0.833. The lowest BCUT2D eigenvalue weighted by atomic mass is 10.4. The molecule has 84 valence electrons. The number of hydrogen-bond donors (Lipinski definition) is 1. The van der Waals surface area contributed by atoms with Crippen LogP contribution in [0.3, 0.4) is 0 Å². The molecule has 0 fully saturated rings. The van der Waals surface area contributed by atoms with Crippen LogP contribution < -0.4 is 5.30 Å². The summed E-state index contributed by atoms with van der Waals surface area (Å²) in [5.74, 6) is 0. The van der Waals surface area contributed by atoms with E-state index in [1.165, 1.54) is 12.1 Å². The molecule has 1 atom stereocenters. The van der Waals surface area contributed by atoms with Gasteiger partial charge in [0, 0.05) is 5.30 Å². The van der Waals surface area contributed by atoms with Crippen LogP contribution in [0.25, 0.3) is 0 Å². The molecule has 0 radical (unpaired) electrons. The van der Waals surface area contributed by atoms with Crippen LogP contribution in [-0.4, -0.2) is 18.5 Å². The minimum Gasteiger partial charge on any atom is -0.341 e. The monoisotopic (exact) mass is 286 g/mol. The highest BCUT2D eigenvalue weighted by atomic mass is 35.5. The van der Waals surface area contributed by atoms with Crippen LogP contribution in [0.15, 0.2) is 30.3 Å². The van der Waals surface area contributed by atoms with Crippen LogP contribution in [-0.2, 0) is 25.9 Å². The number of alkyl halides is 1. The topological polar surface area (TPSA) is 63.6 Å². The predicted octanol–water partition coefficient (Wildman–Crippen LogP) is 1.16. The molecule has 0 aliphatic heterocycles. The van der Waals surface area contributed by atoms with E-state index in [-0.39, 0.29) is 5.30 Å². The zero-order chi connectivity index (χ0) is 11.5. The molecule has 0 amide bonds. The van der Waals surface area contributed by atoms with Gasteiger partial charge < -0.3 is 4.89 Å². The highest BCUT2D eigenvalue weighted by molar-refractivity contribution is 8.16. The quantitative estimate of drug-likeness (QED) is 0.665. The molecule has 0 spiro atoms. The molecule has 1 aromatic carbocycles. The minimum absolute atomic E-state index is 0.272. The van der Waals surface area contributed by atoms with Crippen LogP contribution >= 0.6 is 18.1 Å². The number of rotatable bonds is 4. The molecule has 1 aromatic rings. The zero-order valence-electron chi connectivity index (χ0n) is 7.41. The molecule has 15 heavy (non-hydrogen) atoms. The summed E-state index contributed by atoms with van der Waals surface area (Å²) in [5.41, 5.74) is 0. The van der Waals surface area contributed by atoms with Crippen LogP contribution in [0.4, 0.5) is 0 Å². The van der Waals surface area contributed by atoms with E-state index >= 15 is 0 Å². The van der Waals surface area contributed by atoms with Gasteiger partial charge in [0.15, 0.2) is 0 Å². The Morgan fingerprint density at radius 1 is 1.40 bits per heavy atom. The molecule has 0 saturated heterocycles. The Morgan fingerprint density at radius 2 is 1.93 bits per heavy atom. The first kappa shape index (κ1) is 13.1. The van der Waals surface area contributed by atoms with E-state index in [0.29, 0.717) is 0 Å². The summed E-state index contributed by atoms with van der Waals surface area (Å²) >= 11 is 9.87. The van der Waals surface area contributed by atoms with Gasteiger partial charge in [-0.15, -0.1) is 11.6 Å². The maximum atomic E-state index is 11.0. The van der Waals surface area contributed by atoms with Crippen LogP contribution in [0.5, 0.6) is 0 Å². The van der Waals surface area contributed by atoms with Crippen molar-refractivity contribution in [2.24, 2.45) is 0 Å². The van der Waals surface area contributed by atoms with E-state index in [2.05, 4.69) is 3.97 Å². The highest BCUT2D eigenvalue weighted by Crippen LogP contribution is 2.43. The molecule has 1 unspecified atom stereocenters. The van der Waals surface area contributed by atoms with Crippen molar-refractivity contribution in [2.45, 2.75) is 0 Å². The molecule has 8 heteroatoms. The van der Waals surface area contributed by atoms with Gasteiger partial charge in [0.05, 0.1) is 0 Å². The highest BCUT2D eigenvalue weighted by Gasteiger charge is 2.24. The fraction of sp³-hybridized carbons (Fsp3) is 0.143. The van der Waals surface area contributed by atoms with E-state index in [0.717, 1.165) is 0 Å². The van der Waals surface area contributed by atoms with Crippen molar-refractivity contribution in [2.75, 3.05) is 5.21 Å². The summed E-state index contributed by atoms with van der Waals surface area (Å²) in [4.78, 5) is 9.72. The third kappa shape index (κ3) is 3.83. The Labute approximate surface area is 98.1 Å². The molecule has 0 saturated carbocycles. The maximum absolute atomic E-state index is 11.0. The molecular weight excluding hydrogens is 279 g/mol. The third-order valence-corrected chi connectivity index (χ3v) is 6.35.